The van der Waals surface area contributed by atoms with Crippen LogP contribution in [0, 0.1) is 11.8 Å². The van der Waals surface area contributed by atoms with Gasteiger partial charge in [0.25, 0.3) is 0 Å². The van der Waals surface area contributed by atoms with Crippen LogP contribution in [0.1, 0.15) is 12.5 Å². The minimum absolute atomic E-state index is 0.0739. The van der Waals surface area contributed by atoms with Crippen LogP contribution in [0.4, 0.5) is 0 Å². The Morgan fingerprint density at radius 2 is 1.85 bits per heavy atom. The summed E-state index contributed by atoms with van der Waals surface area (Å²) in [5.74, 6) is 0.351. The number of sulfonamides is 1. The summed E-state index contributed by atoms with van der Waals surface area (Å²) in [4.78, 5) is 0. The van der Waals surface area contributed by atoms with Crippen LogP contribution in [0.5, 0.6) is 0 Å². The summed E-state index contributed by atoms with van der Waals surface area (Å²) in [5.41, 5.74) is 2.44. The molecule has 2 aliphatic heterocycles. The Morgan fingerprint density at radius 3 is 2.50 bits per heavy atom. The number of rotatable bonds is 2. The van der Waals surface area contributed by atoms with E-state index in [9.17, 15) is 8.42 Å². The van der Waals surface area contributed by atoms with Gasteiger partial charge < -0.3 is 0 Å². The third kappa shape index (κ3) is 2.34. The Morgan fingerprint density at radius 1 is 1.15 bits per heavy atom. The maximum absolute atomic E-state index is 12.0. The lowest BCUT2D eigenvalue weighted by molar-refractivity contribution is 0.310. The third-order valence-electron chi connectivity index (χ3n) is 4.18. The van der Waals surface area contributed by atoms with Crippen molar-refractivity contribution in [2.45, 2.75) is 13.0 Å². The molecule has 3 aliphatic rings. The Kier molecular flexibility index (Phi) is 3.30. The predicted octanol–water partition coefficient (Wildman–Crippen LogP) is 2.54. The van der Waals surface area contributed by atoms with Crippen LogP contribution in [0.25, 0.3) is 5.57 Å². The van der Waals surface area contributed by atoms with Crippen molar-refractivity contribution in [3.8, 4) is 0 Å². The Bertz CT molecular complexity index is 661. The molecule has 3 atom stereocenters. The van der Waals surface area contributed by atoms with E-state index in [4.69, 9.17) is 0 Å². The summed E-state index contributed by atoms with van der Waals surface area (Å²) in [6.07, 6.45) is 7.74. The van der Waals surface area contributed by atoms with E-state index >= 15 is 0 Å². The molecule has 20 heavy (non-hydrogen) atoms. The summed E-state index contributed by atoms with van der Waals surface area (Å²) in [6, 6.07) is 10.2. The van der Waals surface area contributed by atoms with Crippen LogP contribution in [0.2, 0.25) is 0 Å². The van der Waals surface area contributed by atoms with E-state index in [2.05, 4.69) is 37.3 Å². The van der Waals surface area contributed by atoms with E-state index < -0.39 is 10.0 Å². The molecule has 0 fully saturated rings. The molecule has 3 nitrogen and oxygen atoms in total. The largest absolute Gasteiger partial charge is 0.212 e. The molecule has 4 rings (SSSR count). The first kappa shape index (κ1) is 13.6. The Balaban J connectivity index is 2.08. The highest BCUT2D eigenvalue weighted by Crippen LogP contribution is 2.37. The van der Waals surface area contributed by atoms with Gasteiger partial charge in [0.15, 0.2) is 0 Å². The van der Waals surface area contributed by atoms with E-state index in [0.29, 0.717) is 6.54 Å². The van der Waals surface area contributed by atoms with Crippen molar-refractivity contribution in [3.05, 3.63) is 54.1 Å². The van der Waals surface area contributed by atoms with E-state index in [-0.39, 0.29) is 17.9 Å². The van der Waals surface area contributed by atoms with E-state index in [0.717, 1.165) is 0 Å². The minimum atomic E-state index is -3.17. The maximum atomic E-state index is 12.0. The fraction of sp³-hybridized carbons (Fsp3) is 0.375. The van der Waals surface area contributed by atoms with Gasteiger partial charge in [-0.25, -0.2) is 8.42 Å². The van der Waals surface area contributed by atoms with Crippen molar-refractivity contribution in [1.29, 1.82) is 0 Å². The fourth-order valence-electron chi connectivity index (χ4n) is 3.10. The van der Waals surface area contributed by atoms with Crippen molar-refractivity contribution in [2.75, 3.05) is 12.8 Å². The standard InChI is InChI=1S/C16H19NO2S/c1-12-8-9-14-11-17(20(2,18)19)16(12)10-15(14)13-6-4-3-5-7-13/h3-10,12,14,16H,11H2,1-2H3. The van der Waals surface area contributed by atoms with Gasteiger partial charge in [-0.05, 0) is 17.1 Å². The van der Waals surface area contributed by atoms with Gasteiger partial charge in [-0.1, -0.05) is 55.5 Å². The van der Waals surface area contributed by atoms with Gasteiger partial charge in [0.05, 0.1) is 6.26 Å². The highest BCUT2D eigenvalue weighted by Gasteiger charge is 2.37. The normalized spacial score (nSPS) is 30.1. The van der Waals surface area contributed by atoms with Gasteiger partial charge >= 0.3 is 0 Å². The summed E-state index contributed by atoms with van der Waals surface area (Å²) in [6.45, 7) is 2.62. The lowest BCUT2D eigenvalue weighted by Gasteiger charge is -2.36. The van der Waals surface area contributed by atoms with Crippen LogP contribution in [0.3, 0.4) is 0 Å². The zero-order valence-electron chi connectivity index (χ0n) is 11.7. The Hall–Kier alpha value is -1.39. The molecule has 0 saturated heterocycles. The second kappa shape index (κ2) is 4.86. The highest BCUT2D eigenvalue weighted by molar-refractivity contribution is 7.88. The molecule has 0 radical (unpaired) electrons. The molecule has 0 aromatic heterocycles. The second-order valence-electron chi connectivity index (χ2n) is 5.66. The summed E-state index contributed by atoms with van der Waals surface area (Å²) >= 11 is 0. The van der Waals surface area contributed by atoms with Gasteiger partial charge in [-0.3, -0.25) is 0 Å². The number of hydrogen-bond acceptors (Lipinski definition) is 2. The van der Waals surface area contributed by atoms with Gasteiger partial charge in [0.1, 0.15) is 0 Å². The molecule has 0 N–H and O–H groups in total. The topological polar surface area (TPSA) is 37.4 Å². The predicted molar refractivity (Wildman–Crippen MR) is 81.6 cm³/mol. The van der Waals surface area contributed by atoms with E-state index in [1.165, 1.54) is 17.4 Å². The quantitative estimate of drug-likeness (QED) is 0.785. The first-order valence-corrected chi connectivity index (χ1v) is 8.74. The van der Waals surface area contributed by atoms with Gasteiger partial charge in [-0.2, -0.15) is 4.31 Å². The van der Waals surface area contributed by atoms with Gasteiger partial charge in [-0.15, -0.1) is 0 Å². The molecular weight excluding hydrogens is 270 g/mol. The van der Waals surface area contributed by atoms with Crippen molar-refractivity contribution in [3.63, 3.8) is 0 Å². The first-order valence-electron chi connectivity index (χ1n) is 6.89. The molecule has 106 valence electrons. The van der Waals surface area contributed by atoms with E-state index in [1.54, 1.807) is 4.31 Å². The molecule has 4 heteroatoms. The average Bonchev–Trinajstić information content (AvgIpc) is 2.68. The molecule has 1 aliphatic carbocycles. The number of hydrogen-bond donors (Lipinski definition) is 0. The van der Waals surface area contributed by atoms with Crippen LogP contribution < -0.4 is 0 Å². The summed E-state index contributed by atoms with van der Waals surface area (Å²) in [5, 5.41) is 0. The lowest BCUT2D eigenvalue weighted by Crippen LogP contribution is -2.45. The van der Waals surface area contributed by atoms with Crippen LogP contribution in [-0.2, 0) is 10.0 Å². The zero-order valence-corrected chi connectivity index (χ0v) is 12.5. The molecular formula is C16H19NO2S. The zero-order chi connectivity index (χ0) is 14.3. The van der Waals surface area contributed by atoms with Gasteiger partial charge in [0, 0.05) is 18.5 Å². The fourth-order valence-corrected chi connectivity index (χ4v) is 4.23. The molecule has 1 aromatic carbocycles. The monoisotopic (exact) mass is 289 g/mol. The maximum Gasteiger partial charge on any atom is 0.211 e. The molecule has 2 bridgehead atoms. The SMILES string of the molecule is CC1C=CC2CN(S(C)(=O)=O)C1C=C2c1ccccc1. The smallest absolute Gasteiger partial charge is 0.211 e. The van der Waals surface area contributed by atoms with Crippen molar-refractivity contribution < 1.29 is 8.42 Å². The van der Waals surface area contributed by atoms with Gasteiger partial charge in [0.2, 0.25) is 10.0 Å². The van der Waals surface area contributed by atoms with E-state index in [1.807, 2.05) is 18.2 Å². The minimum Gasteiger partial charge on any atom is -0.212 e. The molecule has 0 amide bonds. The average molecular weight is 289 g/mol. The van der Waals surface area contributed by atoms with Crippen molar-refractivity contribution in [2.24, 2.45) is 11.8 Å². The molecule has 2 heterocycles. The molecule has 0 saturated carbocycles. The molecule has 3 unspecified atom stereocenters. The number of nitrogens with zero attached hydrogens (tertiary/aromatic N) is 1. The Labute approximate surface area is 120 Å². The summed E-state index contributed by atoms with van der Waals surface area (Å²) < 4.78 is 25.6. The summed E-state index contributed by atoms with van der Waals surface area (Å²) in [7, 11) is -3.17. The van der Waals surface area contributed by atoms with Crippen molar-refractivity contribution >= 4 is 15.6 Å². The van der Waals surface area contributed by atoms with Crippen molar-refractivity contribution in [1.82, 2.24) is 4.31 Å². The lowest BCUT2D eigenvalue weighted by atomic mass is 9.88. The van der Waals surface area contributed by atoms with Crippen LogP contribution in [0.15, 0.2) is 48.6 Å². The second-order valence-corrected chi connectivity index (χ2v) is 7.60. The molecule has 0 spiro atoms. The number of fused-ring (bicyclic) bond motifs is 2. The molecule has 1 aromatic rings. The van der Waals surface area contributed by atoms with Crippen LogP contribution >= 0.6 is 0 Å². The highest BCUT2D eigenvalue weighted by atomic mass is 32.2. The van der Waals surface area contributed by atoms with Crippen LogP contribution in [-0.4, -0.2) is 31.6 Å². The third-order valence-corrected chi connectivity index (χ3v) is 5.42. The first-order chi connectivity index (χ1) is 9.47. The number of benzene rings is 1.